The van der Waals surface area contributed by atoms with Crippen LogP contribution in [0.5, 0.6) is 11.5 Å². The molecule has 2 aromatic rings. The maximum atomic E-state index is 13.4. The van der Waals surface area contributed by atoms with Gasteiger partial charge in [0, 0.05) is 30.0 Å². The maximum Gasteiger partial charge on any atom is 0.254 e. The molecule has 0 spiro atoms. The molecular formula is C24H26N2O5. The quantitative estimate of drug-likeness (QED) is 0.689. The van der Waals surface area contributed by atoms with Gasteiger partial charge >= 0.3 is 0 Å². The van der Waals surface area contributed by atoms with Crippen LogP contribution in [-0.4, -0.2) is 43.4 Å². The summed E-state index contributed by atoms with van der Waals surface area (Å²) in [5.74, 6) is 0.479. The van der Waals surface area contributed by atoms with Crippen molar-refractivity contribution in [1.82, 2.24) is 4.90 Å². The Bertz CT molecular complexity index is 1030. The molecule has 31 heavy (non-hydrogen) atoms. The van der Waals surface area contributed by atoms with Crippen LogP contribution in [0.3, 0.4) is 0 Å². The highest BCUT2D eigenvalue weighted by molar-refractivity contribution is 6.21. The van der Waals surface area contributed by atoms with Gasteiger partial charge in [-0.25, -0.2) is 0 Å². The molecule has 162 valence electrons. The Labute approximate surface area is 181 Å². The third-order valence-corrected chi connectivity index (χ3v) is 6.03. The molecule has 2 saturated heterocycles. The Hall–Kier alpha value is -3.35. The monoisotopic (exact) mass is 422 g/mol. The fourth-order valence-corrected chi connectivity index (χ4v) is 4.43. The predicted molar refractivity (Wildman–Crippen MR) is 115 cm³/mol. The summed E-state index contributed by atoms with van der Waals surface area (Å²) in [6.45, 7) is 2.36. The first kappa shape index (κ1) is 20.9. The van der Waals surface area contributed by atoms with Crippen molar-refractivity contribution >= 4 is 23.4 Å². The molecule has 0 unspecified atom stereocenters. The summed E-state index contributed by atoms with van der Waals surface area (Å²) in [6, 6.07) is 12.2. The van der Waals surface area contributed by atoms with E-state index in [1.54, 1.807) is 45.4 Å². The number of rotatable bonds is 5. The summed E-state index contributed by atoms with van der Waals surface area (Å²) in [5, 5.41) is 0. The molecule has 7 nitrogen and oxygen atoms in total. The van der Waals surface area contributed by atoms with E-state index in [2.05, 4.69) is 0 Å². The van der Waals surface area contributed by atoms with Crippen LogP contribution in [0, 0.1) is 5.92 Å². The zero-order chi connectivity index (χ0) is 22.1. The van der Waals surface area contributed by atoms with E-state index in [1.165, 1.54) is 4.90 Å². The molecule has 0 bridgehead atoms. The smallest absolute Gasteiger partial charge is 0.254 e. The molecule has 2 aliphatic heterocycles. The largest absolute Gasteiger partial charge is 0.497 e. The number of nitrogens with zero attached hydrogens (tertiary/aromatic N) is 2. The van der Waals surface area contributed by atoms with Crippen LogP contribution in [0.2, 0.25) is 0 Å². The molecule has 7 heteroatoms. The number of benzene rings is 2. The van der Waals surface area contributed by atoms with Gasteiger partial charge in [0.1, 0.15) is 11.5 Å². The van der Waals surface area contributed by atoms with Gasteiger partial charge < -0.3 is 14.4 Å². The lowest BCUT2D eigenvalue weighted by atomic mass is 10.0. The highest BCUT2D eigenvalue weighted by Gasteiger charge is 2.37. The lowest BCUT2D eigenvalue weighted by Gasteiger charge is -2.27. The predicted octanol–water partition coefficient (Wildman–Crippen LogP) is 3.58. The molecule has 0 aliphatic carbocycles. The second kappa shape index (κ2) is 8.41. The minimum atomic E-state index is -0.338. The molecule has 2 fully saturated rings. The van der Waals surface area contributed by atoms with Crippen LogP contribution in [0.15, 0.2) is 42.5 Å². The van der Waals surface area contributed by atoms with Crippen molar-refractivity contribution in [1.29, 1.82) is 0 Å². The first-order chi connectivity index (χ1) is 14.9. The highest BCUT2D eigenvalue weighted by Crippen LogP contribution is 2.40. The van der Waals surface area contributed by atoms with Gasteiger partial charge in [0.2, 0.25) is 11.8 Å². The maximum absolute atomic E-state index is 13.4. The van der Waals surface area contributed by atoms with Crippen LogP contribution < -0.4 is 14.4 Å². The van der Waals surface area contributed by atoms with Crippen LogP contribution in [-0.2, 0) is 9.59 Å². The summed E-state index contributed by atoms with van der Waals surface area (Å²) in [5.41, 5.74) is 1.80. The topological polar surface area (TPSA) is 76.2 Å². The molecule has 0 radical (unpaired) electrons. The van der Waals surface area contributed by atoms with Crippen molar-refractivity contribution in [3.63, 3.8) is 0 Å². The van der Waals surface area contributed by atoms with Gasteiger partial charge in [0.15, 0.2) is 0 Å². The molecule has 2 heterocycles. The zero-order valence-corrected chi connectivity index (χ0v) is 18.0. The summed E-state index contributed by atoms with van der Waals surface area (Å²) in [7, 11) is 3.22. The Morgan fingerprint density at radius 2 is 1.87 bits per heavy atom. The number of anilines is 1. The van der Waals surface area contributed by atoms with Gasteiger partial charge in [-0.1, -0.05) is 13.0 Å². The van der Waals surface area contributed by atoms with E-state index in [4.69, 9.17) is 9.47 Å². The number of hydrogen-bond donors (Lipinski definition) is 0. The Balaban J connectivity index is 1.64. The van der Waals surface area contributed by atoms with Gasteiger partial charge in [0.05, 0.1) is 25.9 Å². The van der Waals surface area contributed by atoms with Crippen molar-refractivity contribution in [2.75, 3.05) is 25.7 Å². The van der Waals surface area contributed by atoms with Crippen molar-refractivity contribution in [3.8, 4) is 11.5 Å². The molecule has 2 aromatic carbocycles. The summed E-state index contributed by atoms with van der Waals surface area (Å²) in [6.07, 6.45) is 1.88. The van der Waals surface area contributed by atoms with E-state index in [0.717, 1.165) is 18.4 Å². The van der Waals surface area contributed by atoms with Crippen LogP contribution >= 0.6 is 0 Å². The van der Waals surface area contributed by atoms with Gasteiger partial charge in [-0.3, -0.25) is 19.3 Å². The Morgan fingerprint density at radius 1 is 1.06 bits per heavy atom. The SMILES string of the molecule is COc1ccc(OC)c([C@@H]2CCCN2C(=O)c2cccc(N3C(=O)C[C@H](C)C3=O)c2)c1. The van der Waals surface area contributed by atoms with E-state index < -0.39 is 0 Å². The third-order valence-electron chi connectivity index (χ3n) is 6.03. The molecule has 0 N–H and O–H groups in total. The van der Waals surface area contributed by atoms with E-state index in [-0.39, 0.29) is 36.1 Å². The average Bonchev–Trinajstić information content (AvgIpc) is 3.37. The van der Waals surface area contributed by atoms with Gasteiger partial charge in [-0.15, -0.1) is 0 Å². The average molecular weight is 422 g/mol. The molecule has 2 atom stereocenters. The van der Waals surface area contributed by atoms with Crippen molar-refractivity contribution in [2.24, 2.45) is 5.92 Å². The summed E-state index contributed by atoms with van der Waals surface area (Å²) in [4.78, 5) is 41.1. The minimum absolute atomic E-state index is 0.138. The molecule has 2 aliphatic rings. The highest BCUT2D eigenvalue weighted by atomic mass is 16.5. The molecule has 4 rings (SSSR count). The fraction of sp³-hybridized carbons (Fsp3) is 0.375. The lowest BCUT2D eigenvalue weighted by molar-refractivity contribution is -0.122. The first-order valence-electron chi connectivity index (χ1n) is 10.4. The van der Waals surface area contributed by atoms with Crippen LogP contribution in [0.1, 0.15) is 48.1 Å². The van der Waals surface area contributed by atoms with Crippen molar-refractivity contribution in [2.45, 2.75) is 32.2 Å². The number of hydrogen-bond acceptors (Lipinski definition) is 5. The van der Waals surface area contributed by atoms with Gasteiger partial charge in [0.25, 0.3) is 5.91 Å². The number of imide groups is 1. The first-order valence-corrected chi connectivity index (χ1v) is 10.4. The number of carbonyl (C=O) groups excluding carboxylic acids is 3. The fourth-order valence-electron chi connectivity index (χ4n) is 4.43. The van der Waals surface area contributed by atoms with Crippen LogP contribution in [0.4, 0.5) is 5.69 Å². The Morgan fingerprint density at radius 3 is 2.55 bits per heavy atom. The van der Waals surface area contributed by atoms with E-state index in [1.807, 2.05) is 23.1 Å². The number of ether oxygens (including phenoxy) is 2. The van der Waals surface area contributed by atoms with Crippen molar-refractivity contribution in [3.05, 3.63) is 53.6 Å². The standard InChI is InChI=1S/C24H26N2O5/c1-15-12-22(27)26(23(15)28)17-7-4-6-16(13-17)24(29)25-11-5-8-20(25)19-14-18(30-2)9-10-21(19)31-3/h4,6-7,9-10,13-15,20H,5,8,11-12H2,1-3H3/t15-,20-/m0/s1. The van der Waals surface area contributed by atoms with E-state index in [0.29, 0.717) is 29.3 Å². The van der Waals surface area contributed by atoms with Gasteiger partial charge in [-0.05, 0) is 49.2 Å². The summed E-state index contributed by atoms with van der Waals surface area (Å²) < 4.78 is 10.9. The normalized spacial score (nSPS) is 21.0. The summed E-state index contributed by atoms with van der Waals surface area (Å²) >= 11 is 0. The van der Waals surface area contributed by atoms with Crippen molar-refractivity contribution < 1.29 is 23.9 Å². The van der Waals surface area contributed by atoms with E-state index in [9.17, 15) is 14.4 Å². The second-order valence-corrected chi connectivity index (χ2v) is 7.99. The number of carbonyl (C=O) groups is 3. The molecular weight excluding hydrogens is 396 g/mol. The van der Waals surface area contributed by atoms with E-state index >= 15 is 0 Å². The number of methoxy groups -OCH3 is 2. The van der Waals surface area contributed by atoms with Gasteiger partial charge in [-0.2, -0.15) is 0 Å². The molecule has 0 saturated carbocycles. The molecule has 3 amide bonds. The van der Waals surface area contributed by atoms with Crippen LogP contribution in [0.25, 0.3) is 0 Å². The zero-order valence-electron chi connectivity index (χ0n) is 18.0. The Kier molecular flexibility index (Phi) is 5.67. The molecule has 0 aromatic heterocycles. The third kappa shape index (κ3) is 3.76. The number of likely N-dealkylation sites (tertiary alicyclic amines) is 1. The second-order valence-electron chi connectivity index (χ2n) is 7.99. The number of amides is 3. The minimum Gasteiger partial charge on any atom is -0.497 e. The lowest BCUT2D eigenvalue weighted by Crippen LogP contribution is -2.32.